The predicted molar refractivity (Wildman–Crippen MR) is 78.6 cm³/mol. The Balaban J connectivity index is 2.16. The van der Waals surface area contributed by atoms with Crippen molar-refractivity contribution in [2.24, 2.45) is 0 Å². The van der Waals surface area contributed by atoms with E-state index < -0.39 is 0 Å². The number of rotatable bonds is 5. The molecule has 0 atom stereocenters. The lowest BCUT2D eigenvalue weighted by molar-refractivity contribution is 0.302. The molecule has 2 nitrogen and oxygen atoms in total. The minimum atomic E-state index is 0.517. The molecule has 0 spiro atoms. The zero-order chi connectivity index (χ0) is 13.7. The highest BCUT2D eigenvalue weighted by molar-refractivity contribution is 5.58. The largest absolute Gasteiger partial charge is 0.497 e. The van der Waals surface area contributed by atoms with Crippen LogP contribution in [0.1, 0.15) is 16.7 Å². The second kappa shape index (κ2) is 6.10. The average molecular weight is 254 g/mol. The summed E-state index contributed by atoms with van der Waals surface area (Å²) in [6.45, 7) is 6.37. The number of hydrogen-bond acceptors (Lipinski definition) is 2. The summed E-state index contributed by atoms with van der Waals surface area (Å²) in [6.07, 6.45) is 1.81. The Morgan fingerprint density at radius 2 is 1.95 bits per heavy atom. The molecule has 2 rings (SSSR count). The quantitative estimate of drug-likeness (QED) is 0.795. The van der Waals surface area contributed by atoms with Crippen LogP contribution < -0.4 is 9.47 Å². The molecule has 0 aliphatic carbocycles. The number of benzene rings is 2. The van der Waals surface area contributed by atoms with E-state index in [1.165, 1.54) is 0 Å². The third-order valence-corrected chi connectivity index (χ3v) is 2.98. The van der Waals surface area contributed by atoms with Gasteiger partial charge < -0.3 is 9.47 Å². The lowest BCUT2D eigenvalue weighted by atomic mass is 10.1. The molecule has 0 aliphatic rings. The van der Waals surface area contributed by atoms with Gasteiger partial charge in [-0.25, -0.2) is 0 Å². The fourth-order valence-corrected chi connectivity index (χ4v) is 1.95. The van der Waals surface area contributed by atoms with Gasteiger partial charge in [-0.15, -0.1) is 0 Å². The molecule has 0 radical (unpaired) electrons. The van der Waals surface area contributed by atoms with Gasteiger partial charge in [0.25, 0.3) is 0 Å². The van der Waals surface area contributed by atoms with Crippen LogP contribution >= 0.6 is 0 Å². The molecule has 2 heteroatoms. The van der Waals surface area contributed by atoms with Crippen molar-refractivity contribution in [1.29, 1.82) is 0 Å². The summed E-state index contributed by atoms with van der Waals surface area (Å²) >= 11 is 0. The number of ether oxygens (including phenoxy) is 2. The first-order valence-electron chi connectivity index (χ1n) is 6.22. The third-order valence-electron chi connectivity index (χ3n) is 2.98. The molecule has 0 unspecified atom stereocenters. The van der Waals surface area contributed by atoms with E-state index in [1.54, 1.807) is 7.11 Å². The highest BCUT2D eigenvalue weighted by Crippen LogP contribution is 2.25. The average Bonchev–Trinajstić information content (AvgIpc) is 2.46. The molecule has 19 heavy (non-hydrogen) atoms. The minimum Gasteiger partial charge on any atom is -0.497 e. The normalized spacial score (nSPS) is 10.0. The summed E-state index contributed by atoms with van der Waals surface area (Å²) in [5.41, 5.74) is 3.21. The van der Waals surface area contributed by atoms with Crippen molar-refractivity contribution in [2.45, 2.75) is 13.5 Å². The summed E-state index contributed by atoms with van der Waals surface area (Å²) in [4.78, 5) is 0. The predicted octanol–water partition coefficient (Wildman–Crippen LogP) is 4.23. The topological polar surface area (TPSA) is 18.5 Å². The molecular formula is C17H18O2. The Morgan fingerprint density at radius 3 is 2.68 bits per heavy atom. The Morgan fingerprint density at radius 1 is 1.16 bits per heavy atom. The van der Waals surface area contributed by atoms with E-state index in [4.69, 9.17) is 9.47 Å². The first-order chi connectivity index (χ1) is 9.24. The Labute approximate surface area is 114 Å². The highest BCUT2D eigenvalue weighted by Gasteiger charge is 2.05. The van der Waals surface area contributed by atoms with Crippen LogP contribution in [0.25, 0.3) is 6.08 Å². The fraction of sp³-hybridized carbons (Fsp3) is 0.176. The lowest BCUT2D eigenvalue weighted by Gasteiger charge is -2.12. The van der Waals surface area contributed by atoms with Crippen LogP contribution in [0, 0.1) is 6.92 Å². The van der Waals surface area contributed by atoms with Crippen LogP contribution in [0.2, 0.25) is 0 Å². The molecular weight excluding hydrogens is 236 g/mol. The third kappa shape index (κ3) is 3.16. The molecule has 0 saturated heterocycles. The van der Waals surface area contributed by atoms with Crippen LogP contribution in [0.15, 0.2) is 49.0 Å². The maximum Gasteiger partial charge on any atom is 0.129 e. The number of methoxy groups -OCH3 is 1. The first-order valence-corrected chi connectivity index (χ1v) is 6.22. The van der Waals surface area contributed by atoms with E-state index in [2.05, 4.69) is 6.58 Å². The lowest BCUT2D eigenvalue weighted by Crippen LogP contribution is -1.99. The molecule has 0 fully saturated rings. The van der Waals surface area contributed by atoms with Gasteiger partial charge >= 0.3 is 0 Å². The molecule has 98 valence electrons. The Kier molecular flexibility index (Phi) is 4.24. The molecule has 0 aromatic heterocycles. The number of hydrogen-bond donors (Lipinski definition) is 0. The smallest absolute Gasteiger partial charge is 0.129 e. The molecule has 2 aromatic rings. The van der Waals surface area contributed by atoms with Crippen LogP contribution in [-0.4, -0.2) is 7.11 Å². The van der Waals surface area contributed by atoms with Gasteiger partial charge in [0, 0.05) is 5.56 Å². The van der Waals surface area contributed by atoms with Gasteiger partial charge in [0.1, 0.15) is 18.1 Å². The zero-order valence-electron chi connectivity index (χ0n) is 11.3. The van der Waals surface area contributed by atoms with Crippen molar-refractivity contribution in [3.05, 3.63) is 65.7 Å². The van der Waals surface area contributed by atoms with Crippen LogP contribution in [0.4, 0.5) is 0 Å². The molecule has 2 aromatic carbocycles. The van der Waals surface area contributed by atoms with Crippen LogP contribution in [0.3, 0.4) is 0 Å². The van der Waals surface area contributed by atoms with Gasteiger partial charge in [0.15, 0.2) is 0 Å². The zero-order valence-corrected chi connectivity index (χ0v) is 11.3. The summed E-state index contributed by atoms with van der Waals surface area (Å²) in [5, 5.41) is 0. The number of aryl methyl sites for hydroxylation is 1. The molecule has 0 saturated carbocycles. The van der Waals surface area contributed by atoms with Crippen molar-refractivity contribution in [3.8, 4) is 11.5 Å². The van der Waals surface area contributed by atoms with Gasteiger partial charge in [0.05, 0.1) is 7.11 Å². The molecule has 0 bridgehead atoms. The van der Waals surface area contributed by atoms with Crippen LogP contribution in [0.5, 0.6) is 11.5 Å². The monoisotopic (exact) mass is 254 g/mol. The molecule has 0 N–H and O–H groups in total. The number of para-hydroxylation sites is 1. The summed E-state index contributed by atoms with van der Waals surface area (Å²) in [7, 11) is 1.66. The standard InChI is InChI=1S/C17H18O2/c1-4-15-9-5-7-13(2)17(15)19-12-14-8-6-10-16(11-14)18-3/h4-11H,1,12H2,2-3H3. The van der Waals surface area contributed by atoms with E-state index >= 15 is 0 Å². The van der Waals surface area contributed by atoms with E-state index in [1.807, 2.05) is 55.5 Å². The highest BCUT2D eigenvalue weighted by atomic mass is 16.5. The SMILES string of the molecule is C=Cc1cccc(C)c1OCc1cccc(OC)c1. The second-order valence-electron chi connectivity index (χ2n) is 4.34. The summed E-state index contributed by atoms with van der Waals surface area (Å²) in [6, 6.07) is 13.9. The van der Waals surface area contributed by atoms with E-state index in [0.717, 1.165) is 28.2 Å². The maximum atomic E-state index is 5.92. The van der Waals surface area contributed by atoms with Crippen molar-refractivity contribution < 1.29 is 9.47 Å². The van der Waals surface area contributed by atoms with Crippen molar-refractivity contribution in [3.63, 3.8) is 0 Å². The minimum absolute atomic E-state index is 0.517. The van der Waals surface area contributed by atoms with E-state index in [0.29, 0.717) is 6.61 Å². The van der Waals surface area contributed by atoms with Gasteiger partial charge in [-0.3, -0.25) is 0 Å². The molecule has 0 aliphatic heterocycles. The summed E-state index contributed by atoms with van der Waals surface area (Å²) in [5.74, 6) is 1.73. The van der Waals surface area contributed by atoms with Gasteiger partial charge in [-0.05, 0) is 30.2 Å². The second-order valence-corrected chi connectivity index (χ2v) is 4.34. The Bertz CT molecular complexity index is 573. The fourth-order valence-electron chi connectivity index (χ4n) is 1.95. The Hall–Kier alpha value is -2.22. The molecule has 0 amide bonds. The van der Waals surface area contributed by atoms with Gasteiger partial charge in [0.2, 0.25) is 0 Å². The first kappa shape index (κ1) is 13.2. The van der Waals surface area contributed by atoms with E-state index in [-0.39, 0.29) is 0 Å². The van der Waals surface area contributed by atoms with Crippen molar-refractivity contribution >= 4 is 6.08 Å². The maximum absolute atomic E-state index is 5.92. The summed E-state index contributed by atoms with van der Waals surface area (Å²) < 4.78 is 11.1. The van der Waals surface area contributed by atoms with E-state index in [9.17, 15) is 0 Å². The van der Waals surface area contributed by atoms with Gasteiger partial charge in [-0.1, -0.05) is 43.0 Å². The van der Waals surface area contributed by atoms with Crippen molar-refractivity contribution in [1.82, 2.24) is 0 Å². The van der Waals surface area contributed by atoms with Gasteiger partial charge in [-0.2, -0.15) is 0 Å². The molecule has 0 heterocycles. The van der Waals surface area contributed by atoms with Crippen LogP contribution in [-0.2, 0) is 6.61 Å². The van der Waals surface area contributed by atoms with Crippen molar-refractivity contribution in [2.75, 3.05) is 7.11 Å².